The van der Waals surface area contributed by atoms with E-state index >= 15 is 0 Å². The van der Waals surface area contributed by atoms with Crippen LogP contribution >= 0.6 is 0 Å². The molecule has 0 unspecified atom stereocenters. The molecule has 0 aliphatic rings. The van der Waals surface area contributed by atoms with Gasteiger partial charge in [-0.05, 0) is 42.5 Å². The lowest BCUT2D eigenvalue weighted by molar-refractivity contribution is -0.111. The van der Waals surface area contributed by atoms with Gasteiger partial charge in [-0.3, -0.25) is 4.79 Å². The van der Waals surface area contributed by atoms with Gasteiger partial charge in [0.1, 0.15) is 5.75 Å². The topological polar surface area (TPSA) is 99.5 Å². The van der Waals surface area contributed by atoms with Crippen molar-refractivity contribution in [2.45, 2.75) is 6.54 Å². The van der Waals surface area contributed by atoms with Gasteiger partial charge in [0, 0.05) is 48.2 Å². The molecule has 9 nitrogen and oxygen atoms in total. The first-order valence-electron chi connectivity index (χ1n) is 10.6. The summed E-state index contributed by atoms with van der Waals surface area (Å²) in [5.41, 5.74) is 2.52. The number of nitrogens with one attached hydrogen (secondary N) is 2. The molecule has 2 heterocycles. The molecule has 4 rings (SSSR count). The maximum Gasteiger partial charge on any atom is 0.267 e. The number of hydrogen-bond acceptors (Lipinski definition) is 7. The Bertz CT molecular complexity index is 1320. The Balaban J connectivity index is 1.54. The van der Waals surface area contributed by atoms with Crippen LogP contribution in [0.25, 0.3) is 10.9 Å². The van der Waals surface area contributed by atoms with Crippen LogP contribution in [-0.2, 0) is 16.1 Å². The molecule has 0 aliphatic heterocycles. The predicted octanol–water partition coefficient (Wildman–Crippen LogP) is 4.75. The van der Waals surface area contributed by atoms with Crippen molar-refractivity contribution < 1.29 is 19.0 Å². The second-order valence-electron chi connectivity index (χ2n) is 7.29. The van der Waals surface area contributed by atoms with Gasteiger partial charge < -0.3 is 29.4 Å². The predicted molar refractivity (Wildman–Crippen MR) is 131 cm³/mol. The highest BCUT2D eigenvalue weighted by molar-refractivity contribution is 5.98. The van der Waals surface area contributed by atoms with Gasteiger partial charge in [0.05, 0.1) is 19.9 Å². The number of anilines is 3. The molecule has 4 aromatic rings. The lowest BCUT2D eigenvalue weighted by Crippen LogP contribution is -2.07. The van der Waals surface area contributed by atoms with Crippen LogP contribution < -0.4 is 20.1 Å². The average molecular weight is 460 g/mol. The maximum absolute atomic E-state index is 11.6. The fraction of sp³-hybridized carbons (Fsp3) is 0.160. The first kappa shape index (κ1) is 22.8. The number of fused-ring (bicyclic) bond motifs is 1. The van der Waals surface area contributed by atoms with Gasteiger partial charge in [-0.15, -0.1) is 0 Å². The standard InChI is InChI=1S/C25H25N5O4/c1-4-23(31)27-18-6-5-7-20(15-18)34-24-22(33-3)16-26-25(29-24)28-19-8-9-21-17(14-19)10-11-30(21)12-13-32-2/h4-11,14-16H,1,12-13H2,2-3H3,(H,27,31)(H,26,28,29). The minimum Gasteiger partial charge on any atom is -0.490 e. The molecular weight excluding hydrogens is 434 g/mol. The third-order valence-electron chi connectivity index (χ3n) is 5.01. The van der Waals surface area contributed by atoms with Gasteiger partial charge in [-0.2, -0.15) is 4.98 Å². The van der Waals surface area contributed by atoms with Crippen LogP contribution in [0, 0.1) is 0 Å². The number of methoxy groups -OCH3 is 2. The number of ether oxygens (including phenoxy) is 3. The van der Waals surface area contributed by atoms with Crippen LogP contribution in [0.4, 0.5) is 17.3 Å². The molecule has 174 valence electrons. The summed E-state index contributed by atoms with van der Waals surface area (Å²) < 4.78 is 18.6. The fourth-order valence-corrected chi connectivity index (χ4v) is 3.36. The SMILES string of the molecule is C=CC(=O)Nc1cccc(Oc2nc(Nc3ccc4c(ccn4CCOC)c3)ncc2OC)c1. The highest BCUT2D eigenvalue weighted by Gasteiger charge is 2.12. The van der Waals surface area contributed by atoms with Crippen molar-refractivity contribution >= 4 is 34.1 Å². The van der Waals surface area contributed by atoms with Crippen LogP contribution in [0.1, 0.15) is 0 Å². The van der Waals surface area contributed by atoms with Crippen LogP contribution in [0.15, 0.2) is 73.6 Å². The van der Waals surface area contributed by atoms with Crippen LogP contribution in [0.3, 0.4) is 0 Å². The molecule has 34 heavy (non-hydrogen) atoms. The number of carbonyl (C=O) groups excluding carboxylic acids is 1. The highest BCUT2D eigenvalue weighted by atomic mass is 16.5. The van der Waals surface area contributed by atoms with Gasteiger partial charge in [-0.25, -0.2) is 4.98 Å². The summed E-state index contributed by atoms with van der Waals surface area (Å²) in [7, 11) is 3.21. The normalized spacial score (nSPS) is 10.6. The lowest BCUT2D eigenvalue weighted by atomic mass is 10.2. The first-order chi connectivity index (χ1) is 16.6. The number of nitrogens with zero attached hydrogens (tertiary/aromatic N) is 3. The van der Waals surface area contributed by atoms with E-state index in [4.69, 9.17) is 14.2 Å². The van der Waals surface area contributed by atoms with E-state index in [1.165, 1.54) is 19.4 Å². The van der Waals surface area contributed by atoms with E-state index in [0.717, 1.165) is 23.1 Å². The van der Waals surface area contributed by atoms with E-state index in [2.05, 4.69) is 37.8 Å². The monoisotopic (exact) mass is 459 g/mol. The number of rotatable bonds is 10. The molecule has 0 spiro atoms. The Kier molecular flexibility index (Phi) is 7.04. The highest BCUT2D eigenvalue weighted by Crippen LogP contribution is 2.31. The summed E-state index contributed by atoms with van der Waals surface area (Å²) in [6.45, 7) is 4.89. The van der Waals surface area contributed by atoms with Crippen molar-refractivity contribution in [3.63, 3.8) is 0 Å². The zero-order chi connectivity index (χ0) is 23.9. The number of amides is 1. The molecule has 2 N–H and O–H groups in total. The quantitative estimate of drug-likeness (QED) is 0.330. The van der Waals surface area contributed by atoms with E-state index < -0.39 is 0 Å². The van der Waals surface area contributed by atoms with Crippen molar-refractivity contribution in [3.05, 3.63) is 73.6 Å². The largest absolute Gasteiger partial charge is 0.490 e. The van der Waals surface area contributed by atoms with Crippen LogP contribution in [0.5, 0.6) is 17.4 Å². The fourth-order valence-electron chi connectivity index (χ4n) is 3.36. The molecule has 0 radical (unpaired) electrons. The second kappa shape index (κ2) is 10.5. The van der Waals surface area contributed by atoms with E-state index in [0.29, 0.717) is 29.7 Å². The molecule has 9 heteroatoms. The molecule has 0 fully saturated rings. The van der Waals surface area contributed by atoms with Crippen molar-refractivity contribution in [2.24, 2.45) is 0 Å². The molecule has 0 saturated carbocycles. The summed E-state index contributed by atoms with van der Waals surface area (Å²) in [6, 6.07) is 15.0. The number of aromatic nitrogens is 3. The smallest absolute Gasteiger partial charge is 0.267 e. The van der Waals surface area contributed by atoms with E-state index in [1.807, 2.05) is 24.4 Å². The third kappa shape index (κ3) is 5.33. The zero-order valence-corrected chi connectivity index (χ0v) is 18.9. The Morgan fingerprint density at radius 3 is 2.82 bits per heavy atom. The maximum atomic E-state index is 11.6. The Labute approximate surface area is 197 Å². The van der Waals surface area contributed by atoms with Crippen molar-refractivity contribution in [1.82, 2.24) is 14.5 Å². The Morgan fingerprint density at radius 1 is 1.15 bits per heavy atom. The third-order valence-corrected chi connectivity index (χ3v) is 5.01. The number of hydrogen-bond donors (Lipinski definition) is 2. The average Bonchev–Trinajstić information content (AvgIpc) is 3.25. The van der Waals surface area contributed by atoms with Gasteiger partial charge in [0.15, 0.2) is 5.75 Å². The van der Waals surface area contributed by atoms with Gasteiger partial charge in [-0.1, -0.05) is 12.6 Å². The first-order valence-corrected chi connectivity index (χ1v) is 10.6. The minimum absolute atomic E-state index is 0.235. The van der Waals surface area contributed by atoms with Crippen LogP contribution in [-0.4, -0.2) is 41.3 Å². The molecule has 2 aromatic heterocycles. The summed E-state index contributed by atoms with van der Waals surface area (Å²) in [6.07, 6.45) is 4.77. The minimum atomic E-state index is -0.311. The van der Waals surface area contributed by atoms with Gasteiger partial charge in [0.25, 0.3) is 5.88 Å². The van der Waals surface area contributed by atoms with Gasteiger partial charge in [0.2, 0.25) is 11.9 Å². The molecule has 0 aliphatic carbocycles. The summed E-state index contributed by atoms with van der Waals surface area (Å²) in [5.74, 6) is 1.12. The molecule has 0 atom stereocenters. The van der Waals surface area contributed by atoms with E-state index in [-0.39, 0.29) is 11.8 Å². The summed E-state index contributed by atoms with van der Waals surface area (Å²) in [4.78, 5) is 20.4. The van der Waals surface area contributed by atoms with Crippen molar-refractivity contribution in [2.75, 3.05) is 31.5 Å². The zero-order valence-electron chi connectivity index (χ0n) is 18.9. The second-order valence-corrected chi connectivity index (χ2v) is 7.29. The number of carbonyl (C=O) groups is 1. The molecule has 2 aromatic carbocycles. The Morgan fingerprint density at radius 2 is 2.03 bits per heavy atom. The lowest BCUT2D eigenvalue weighted by Gasteiger charge is -2.12. The molecule has 0 bridgehead atoms. The summed E-state index contributed by atoms with van der Waals surface area (Å²) >= 11 is 0. The molecule has 1 amide bonds. The molecule has 0 saturated heterocycles. The summed E-state index contributed by atoms with van der Waals surface area (Å²) in [5, 5.41) is 6.99. The van der Waals surface area contributed by atoms with E-state index in [9.17, 15) is 4.79 Å². The number of benzene rings is 2. The van der Waals surface area contributed by atoms with E-state index in [1.54, 1.807) is 31.4 Å². The van der Waals surface area contributed by atoms with Crippen LogP contribution in [0.2, 0.25) is 0 Å². The van der Waals surface area contributed by atoms with Crippen molar-refractivity contribution in [3.8, 4) is 17.4 Å². The van der Waals surface area contributed by atoms with Crippen molar-refractivity contribution in [1.29, 1.82) is 0 Å². The molecular formula is C25H25N5O4. The Hall–Kier alpha value is -4.37. The van der Waals surface area contributed by atoms with Gasteiger partial charge >= 0.3 is 0 Å².